The number of phenols is 1. The molecule has 0 fully saturated rings. The van der Waals surface area contributed by atoms with Gasteiger partial charge in [0, 0.05) is 16.9 Å². The van der Waals surface area contributed by atoms with Gasteiger partial charge in [-0.2, -0.15) is 0 Å². The molecule has 0 spiro atoms. The number of carbonyl (C=O) groups is 1. The van der Waals surface area contributed by atoms with Crippen LogP contribution in [0.15, 0.2) is 78.9 Å². The summed E-state index contributed by atoms with van der Waals surface area (Å²) in [7, 11) is 0. The molecule has 2 N–H and O–H groups in total. The third-order valence-electron chi connectivity index (χ3n) is 3.36. The normalized spacial score (nSPS) is 10.2. The summed E-state index contributed by atoms with van der Waals surface area (Å²) in [5, 5.41) is 13.0. The lowest BCUT2D eigenvalue weighted by Gasteiger charge is -2.08. The summed E-state index contributed by atoms with van der Waals surface area (Å²) in [6, 6.07) is 23.6. The molecule has 0 aliphatic rings. The molecule has 3 aromatic carbocycles. The molecule has 0 amide bonds. The summed E-state index contributed by atoms with van der Waals surface area (Å²) < 4.78 is 0. The van der Waals surface area contributed by atoms with E-state index in [4.69, 9.17) is 0 Å². The maximum atomic E-state index is 12.4. The molecule has 0 radical (unpaired) electrons. The molecule has 0 saturated heterocycles. The van der Waals surface area contributed by atoms with Crippen molar-refractivity contribution >= 4 is 17.2 Å². The Balaban J connectivity index is 1.80. The zero-order valence-electron chi connectivity index (χ0n) is 11.9. The van der Waals surface area contributed by atoms with Crippen LogP contribution in [0.1, 0.15) is 15.9 Å². The van der Waals surface area contributed by atoms with E-state index in [1.54, 1.807) is 30.3 Å². The van der Waals surface area contributed by atoms with Gasteiger partial charge in [-0.25, -0.2) is 0 Å². The van der Waals surface area contributed by atoms with Crippen LogP contribution < -0.4 is 5.32 Å². The lowest BCUT2D eigenvalue weighted by Crippen LogP contribution is -2.01. The summed E-state index contributed by atoms with van der Waals surface area (Å²) in [4.78, 5) is 12.4. The minimum atomic E-state index is -0.190. The van der Waals surface area contributed by atoms with Crippen LogP contribution in [0.25, 0.3) is 0 Å². The first-order chi connectivity index (χ1) is 10.7. The number of hydrogen-bond donors (Lipinski definition) is 2. The molecule has 0 aliphatic carbocycles. The van der Waals surface area contributed by atoms with Gasteiger partial charge in [-0.15, -0.1) is 0 Å². The Kier molecular flexibility index (Phi) is 3.88. The van der Waals surface area contributed by atoms with Crippen LogP contribution in [0.4, 0.5) is 11.4 Å². The number of nitrogens with one attached hydrogen (secondary N) is 1. The van der Waals surface area contributed by atoms with E-state index < -0.39 is 0 Å². The molecule has 108 valence electrons. The lowest BCUT2D eigenvalue weighted by atomic mass is 10.0. The van der Waals surface area contributed by atoms with Crippen LogP contribution in [0, 0.1) is 0 Å². The zero-order valence-corrected chi connectivity index (χ0v) is 11.9. The number of rotatable bonds is 4. The summed E-state index contributed by atoms with van der Waals surface area (Å²) >= 11 is 0. The number of carbonyl (C=O) groups excluding carboxylic acids is 1. The smallest absolute Gasteiger partial charge is 0.196 e. The van der Waals surface area contributed by atoms with E-state index in [-0.39, 0.29) is 11.5 Å². The fraction of sp³-hybridized carbons (Fsp3) is 0. The Morgan fingerprint density at radius 1 is 0.727 bits per heavy atom. The molecule has 22 heavy (non-hydrogen) atoms. The summed E-state index contributed by atoms with van der Waals surface area (Å²) in [6.45, 7) is 0. The van der Waals surface area contributed by atoms with E-state index in [0.717, 1.165) is 11.4 Å². The van der Waals surface area contributed by atoms with E-state index in [2.05, 4.69) is 5.32 Å². The number of aromatic hydroxyl groups is 1. The van der Waals surface area contributed by atoms with Gasteiger partial charge < -0.3 is 10.4 Å². The fourth-order valence-corrected chi connectivity index (χ4v) is 2.21. The number of benzene rings is 3. The van der Waals surface area contributed by atoms with Crippen molar-refractivity contribution in [1.29, 1.82) is 0 Å². The van der Waals surface area contributed by atoms with Gasteiger partial charge in [0.15, 0.2) is 5.78 Å². The average molecular weight is 289 g/mol. The average Bonchev–Trinajstić information content (AvgIpc) is 2.56. The van der Waals surface area contributed by atoms with E-state index in [1.165, 1.54) is 6.07 Å². The topological polar surface area (TPSA) is 49.3 Å². The van der Waals surface area contributed by atoms with Crippen molar-refractivity contribution in [2.75, 3.05) is 5.32 Å². The molecule has 0 unspecified atom stereocenters. The Morgan fingerprint density at radius 3 is 2.00 bits per heavy atom. The monoisotopic (exact) mass is 289 g/mol. The molecule has 0 aromatic heterocycles. The summed E-state index contributed by atoms with van der Waals surface area (Å²) in [5.74, 6) is -0.191. The van der Waals surface area contributed by atoms with E-state index >= 15 is 0 Å². The maximum Gasteiger partial charge on any atom is 0.196 e. The van der Waals surface area contributed by atoms with Crippen molar-refractivity contribution in [1.82, 2.24) is 0 Å². The maximum absolute atomic E-state index is 12.4. The number of hydrogen-bond acceptors (Lipinski definition) is 3. The van der Waals surface area contributed by atoms with Gasteiger partial charge in [-0.05, 0) is 48.5 Å². The highest BCUT2D eigenvalue weighted by Gasteiger charge is 2.12. The molecule has 0 bridgehead atoms. The first-order valence-electron chi connectivity index (χ1n) is 6.99. The van der Waals surface area contributed by atoms with Crippen LogP contribution in [-0.4, -0.2) is 10.9 Å². The molecular weight excluding hydrogens is 274 g/mol. The molecule has 3 heteroatoms. The highest BCUT2D eigenvalue weighted by molar-refractivity contribution is 6.10. The minimum absolute atomic E-state index is 0.000938. The van der Waals surface area contributed by atoms with Crippen molar-refractivity contribution in [3.8, 4) is 5.75 Å². The van der Waals surface area contributed by atoms with Crippen molar-refractivity contribution in [2.45, 2.75) is 0 Å². The molecular formula is C19H15NO2. The Bertz CT molecular complexity index is 780. The Labute approximate surface area is 128 Å². The summed E-state index contributed by atoms with van der Waals surface area (Å²) in [6.07, 6.45) is 0. The van der Waals surface area contributed by atoms with E-state index in [9.17, 15) is 9.90 Å². The fourth-order valence-electron chi connectivity index (χ4n) is 2.21. The second-order valence-electron chi connectivity index (χ2n) is 4.91. The van der Waals surface area contributed by atoms with Crippen molar-refractivity contribution in [2.24, 2.45) is 0 Å². The predicted octanol–water partition coefficient (Wildman–Crippen LogP) is 4.37. The van der Waals surface area contributed by atoms with Crippen LogP contribution in [0.5, 0.6) is 5.75 Å². The van der Waals surface area contributed by atoms with Crippen molar-refractivity contribution < 1.29 is 9.90 Å². The predicted molar refractivity (Wildman–Crippen MR) is 87.7 cm³/mol. The van der Waals surface area contributed by atoms with Gasteiger partial charge in [-0.3, -0.25) is 4.79 Å². The third-order valence-corrected chi connectivity index (χ3v) is 3.36. The zero-order chi connectivity index (χ0) is 15.4. The number of anilines is 2. The van der Waals surface area contributed by atoms with Crippen LogP contribution >= 0.6 is 0 Å². The molecule has 0 atom stereocenters. The van der Waals surface area contributed by atoms with Crippen molar-refractivity contribution in [3.05, 3.63) is 90.0 Å². The molecule has 3 rings (SSSR count). The van der Waals surface area contributed by atoms with Gasteiger partial charge in [0.1, 0.15) is 5.75 Å². The minimum Gasteiger partial charge on any atom is -0.507 e. The molecule has 3 nitrogen and oxygen atoms in total. The Morgan fingerprint density at radius 2 is 1.32 bits per heavy atom. The second-order valence-corrected chi connectivity index (χ2v) is 4.91. The summed E-state index contributed by atoms with van der Waals surface area (Å²) in [5.41, 5.74) is 2.74. The molecule has 3 aromatic rings. The van der Waals surface area contributed by atoms with Gasteiger partial charge in [-0.1, -0.05) is 30.3 Å². The SMILES string of the molecule is O=C(c1ccc(Nc2ccccc2)cc1)c1ccccc1O. The molecule has 0 heterocycles. The van der Waals surface area contributed by atoms with Gasteiger partial charge in [0.05, 0.1) is 5.56 Å². The third kappa shape index (κ3) is 2.99. The van der Waals surface area contributed by atoms with Gasteiger partial charge >= 0.3 is 0 Å². The molecule has 0 aliphatic heterocycles. The second kappa shape index (κ2) is 6.14. The first kappa shape index (κ1) is 13.9. The van der Waals surface area contributed by atoms with Crippen molar-refractivity contribution in [3.63, 3.8) is 0 Å². The number of ketones is 1. The van der Waals surface area contributed by atoms with Crippen LogP contribution in [0.2, 0.25) is 0 Å². The van der Waals surface area contributed by atoms with E-state index in [1.807, 2.05) is 42.5 Å². The van der Waals surface area contributed by atoms with Gasteiger partial charge in [0.2, 0.25) is 0 Å². The molecule has 0 saturated carbocycles. The first-order valence-corrected chi connectivity index (χ1v) is 6.99. The quantitative estimate of drug-likeness (QED) is 0.701. The highest BCUT2D eigenvalue weighted by atomic mass is 16.3. The van der Waals surface area contributed by atoms with Gasteiger partial charge in [0.25, 0.3) is 0 Å². The van der Waals surface area contributed by atoms with E-state index in [0.29, 0.717) is 11.1 Å². The Hall–Kier alpha value is -3.07. The number of para-hydroxylation sites is 2. The lowest BCUT2D eigenvalue weighted by molar-refractivity contribution is 0.103. The standard InChI is InChI=1S/C19H15NO2/c21-18-9-5-4-8-17(18)19(22)14-10-12-16(13-11-14)20-15-6-2-1-3-7-15/h1-13,20-21H. The number of phenolic OH excluding ortho intramolecular Hbond substituents is 1. The van der Waals surface area contributed by atoms with Crippen LogP contribution in [0.3, 0.4) is 0 Å². The largest absolute Gasteiger partial charge is 0.507 e. The highest BCUT2D eigenvalue weighted by Crippen LogP contribution is 2.22. The van der Waals surface area contributed by atoms with Crippen LogP contribution in [-0.2, 0) is 0 Å².